The van der Waals surface area contributed by atoms with E-state index in [4.69, 9.17) is 4.74 Å². The Balaban J connectivity index is 2.82. The van der Waals surface area contributed by atoms with Gasteiger partial charge in [0, 0.05) is 13.7 Å². The van der Waals surface area contributed by atoms with Crippen molar-refractivity contribution in [3.8, 4) is 0 Å². The number of nitrogens with zero attached hydrogens (tertiary/aromatic N) is 1. The lowest BCUT2D eigenvalue weighted by molar-refractivity contribution is -0.153. The van der Waals surface area contributed by atoms with Crippen molar-refractivity contribution in [1.82, 2.24) is 10.2 Å². The Hall–Kier alpha value is -1.10. The van der Waals surface area contributed by atoms with Crippen molar-refractivity contribution < 1.29 is 14.3 Å². The van der Waals surface area contributed by atoms with Crippen molar-refractivity contribution in [2.75, 3.05) is 20.2 Å². The first-order chi connectivity index (χ1) is 8.27. The van der Waals surface area contributed by atoms with E-state index in [-0.39, 0.29) is 24.0 Å². The topological polar surface area (TPSA) is 58.6 Å². The molecule has 1 heterocycles. The molecule has 0 aromatic rings. The molecule has 0 aliphatic carbocycles. The van der Waals surface area contributed by atoms with Gasteiger partial charge in [0.2, 0.25) is 11.8 Å². The molecule has 1 atom stereocenters. The number of ether oxygens (including phenoxy) is 1. The fraction of sp³-hybridized carbons (Fsp3) is 0.846. The van der Waals surface area contributed by atoms with E-state index in [1.165, 1.54) is 0 Å². The van der Waals surface area contributed by atoms with Crippen LogP contribution in [-0.4, -0.2) is 48.1 Å². The quantitative estimate of drug-likeness (QED) is 0.796. The summed E-state index contributed by atoms with van der Waals surface area (Å²) in [6, 6.07) is 0. The number of carbonyl (C=O) groups excluding carboxylic acids is 2. The molecule has 1 N–H and O–H groups in total. The van der Waals surface area contributed by atoms with Crippen LogP contribution in [0.1, 0.15) is 40.5 Å². The number of methoxy groups -OCH3 is 1. The molecule has 1 aliphatic rings. The first kappa shape index (κ1) is 15.0. The van der Waals surface area contributed by atoms with Gasteiger partial charge in [0.1, 0.15) is 5.54 Å². The number of nitrogens with one attached hydrogen (secondary N) is 1. The maximum atomic E-state index is 12.0. The molecule has 104 valence electrons. The van der Waals surface area contributed by atoms with Gasteiger partial charge in [0.05, 0.1) is 12.1 Å². The lowest BCUT2D eigenvalue weighted by Gasteiger charge is -2.44. The van der Waals surface area contributed by atoms with E-state index in [1.54, 1.807) is 12.0 Å². The number of carbonyl (C=O) groups is 2. The Bertz CT molecular complexity index is 341. The Labute approximate surface area is 109 Å². The molecule has 0 bridgehead atoms. The van der Waals surface area contributed by atoms with Gasteiger partial charge in [0.15, 0.2) is 0 Å². The number of amides is 2. The van der Waals surface area contributed by atoms with Crippen LogP contribution in [0.3, 0.4) is 0 Å². The van der Waals surface area contributed by atoms with Gasteiger partial charge in [-0.25, -0.2) is 0 Å². The van der Waals surface area contributed by atoms with Gasteiger partial charge >= 0.3 is 0 Å². The highest BCUT2D eigenvalue weighted by molar-refractivity contribution is 5.97. The number of hydrogen-bond acceptors (Lipinski definition) is 3. The molecule has 1 fully saturated rings. The monoisotopic (exact) mass is 256 g/mol. The van der Waals surface area contributed by atoms with Crippen LogP contribution in [-0.2, 0) is 14.3 Å². The number of piperazine rings is 1. The Morgan fingerprint density at radius 2 is 2.06 bits per heavy atom. The fourth-order valence-electron chi connectivity index (χ4n) is 2.05. The predicted octanol–water partition coefficient (Wildman–Crippen LogP) is 0.929. The van der Waals surface area contributed by atoms with Gasteiger partial charge in [-0.1, -0.05) is 6.92 Å². The summed E-state index contributed by atoms with van der Waals surface area (Å²) in [5, 5.41) is 2.65. The van der Waals surface area contributed by atoms with Crippen LogP contribution in [0.25, 0.3) is 0 Å². The van der Waals surface area contributed by atoms with Crippen molar-refractivity contribution in [3.05, 3.63) is 0 Å². The highest BCUT2D eigenvalue weighted by atomic mass is 16.5. The summed E-state index contributed by atoms with van der Waals surface area (Å²) in [7, 11) is 1.66. The van der Waals surface area contributed by atoms with Gasteiger partial charge in [0.25, 0.3) is 0 Å². The zero-order valence-electron chi connectivity index (χ0n) is 12.0. The molecule has 1 rings (SSSR count). The van der Waals surface area contributed by atoms with E-state index in [2.05, 4.69) is 5.32 Å². The summed E-state index contributed by atoms with van der Waals surface area (Å²) < 4.78 is 5.35. The van der Waals surface area contributed by atoms with Crippen LogP contribution in [0.15, 0.2) is 0 Å². The maximum Gasteiger partial charge on any atom is 0.246 e. The van der Waals surface area contributed by atoms with E-state index in [0.717, 1.165) is 0 Å². The van der Waals surface area contributed by atoms with Gasteiger partial charge in [-0.2, -0.15) is 0 Å². The molecule has 2 amide bonds. The predicted molar refractivity (Wildman–Crippen MR) is 69.1 cm³/mol. The van der Waals surface area contributed by atoms with Crippen molar-refractivity contribution in [1.29, 1.82) is 0 Å². The summed E-state index contributed by atoms with van der Waals surface area (Å²) in [4.78, 5) is 25.6. The molecule has 1 unspecified atom stereocenters. The molecule has 0 radical (unpaired) electrons. The van der Waals surface area contributed by atoms with Gasteiger partial charge in [-0.15, -0.1) is 0 Å². The van der Waals surface area contributed by atoms with Crippen LogP contribution >= 0.6 is 0 Å². The summed E-state index contributed by atoms with van der Waals surface area (Å²) in [5.41, 5.74) is -1.03. The normalized spacial score (nSPS) is 25.3. The van der Waals surface area contributed by atoms with Crippen molar-refractivity contribution in [2.24, 2.45) is 0 Å². The lowest BCUT2D eigenvalue weighted by atomic mass is 9.91. The third-order valence-electron chi connectivity index (χ3n) is 3.96. The number of rotatable bonds is 5. The van der Waals surface area contributed by atoms with Crippen molar-refractivity contribution >= 4 is 11.8 Å². The second-order valence-electron chi connectivity index (χ2n) is 5.57. The zero-order chi connectivity index (χ0) is 14.0. The first-order valence-corrected chi connectivity index (χ1v) is 6.41. The summed E-state index contributed by atoms with van der Waals surface area (Å²) >= 11 is 0. The Kier molecular flexibility index (Phi) is 4.37. The van der Waals surface area contributed by atoms with Crippen LogP contribution in [0.2, 0.25) is 0 Å². The minimum absolute atomic E-state index is 0.0224. The molecule has 0 aromatic heterocycles. The lowest BCUT2D eigenvalue weighted by Crippen LogP contribution is -2.66. The second kappa shape index (κ2) is 5.26. The molecule has 0 aromatic carbocycles. The van der Waals surface area contributed by atoms with E-state index in [9.17, 15) is 9.59 Å². The molecule has 18 heavy (non-hydrogen) atoms. The van der Waals surface area contributed by atoms with E-state index < -0.39 is 5.54 Å². The third-order valence-corrected chi connectivity index (χ3v) is 3.96. The Morgan fingerprint density at radius 3 is 2.56 bits per heavy atom. The van der Waals surface area contributed by atoms with Crippen LogP contribution in [0.4, 0.5) is 0 Å². The van der Waals surface area contributed by atoms with E-state index in [1.807, 2.05) is 27.7 Å². The van der Waals surface area contributed by atoms with E-state index in [0.29, 0.717) is 19.4 Å². The molecule has 5 nitrogen and oxygen atoms in total. The molecule has 0 saturated carbocycles. The molecular weight excluding hydrogens is 232 g/mol. The van der Waals surface area contributed by atoms with Crippen LogP contribution < -0.4 is 5.32 Å². The van der Waals surface area contributed by atoms with Crippen LogP contribution in [0, 0.1) is 0 Å². The van der Waals surface area contributed by atoms with Gasteiger partial charge in [-0.05, 0) is 33.6 Å². The molecule has 1 aliphatic heterocycles. The maximum absolute atomic E-state index is 12.0. The second-order valence-corrected chi connectivity index (χ2v) is 5.57. The smallest absolute Gasteiger partial charge is 0.246 e. The summed E-state index contributed by atoms with van der Waals surface area (Å²) in [6.07, 6.45) is 1.32. The SMILES string of the molecule is CCC1(C)C(=O)NCC(=O)N1CCC(C)(C)OC. The largest absolute Gasteiger partial charge is 0.379 e. The highest BCUT2D eigenvalue weighted by Gasteiger charge is 2.44. The zero-order valence-corrected chi connectivity index (χ0v) is 12.0. The van der Waals surface area contributed by atoms with Gasteiger partial charge in [-0.3, -0.25) is 9.59 Å². The standard InChI is InChI=1S/C13H24N2O3/c1-6-13(4)11(17)14-9-10(16)15(13)8-7-12(2,3)18-5/h6-9H2,1-5H3,(H,14,17). The summed E-state index contributed by atoms with van der Waals surface area (Å²) in [6.45, 7) is 8.33. The average Bonchev–Trinajstić information content (AvgIpc) is 2.34. The molecule has 1 saturated heterocycles. The van der Waals surface area contributed by atoms with E-state index >= 15 is 0 Å². The minimum Gasteiger partial charge on any atom is -0.379 e. The third kappa shape index (κ3) is 2.83. The fourth-order valence-corrected chi connectivity index (χ4v) is 2.05. The molecule has 0 spiro atoms. The van der Waals surface area contributed by atoms with Gasteiger partial charge < -0.3 is 15.0 Å². The highest BCUT2D eigenvalue weighted by Crippen LogP contribution is 2.25. The Morgan fingerprint density at radius 1 is 1.44 bits per heavy atom. The molecule has 5 heteroatoms. The first-order valence-electron chi connectivity index (χ1n) is 6.41. The molecular formula is C13H24N2O3. The van der Waals surface area contributed by atoms with Crippen molar-refractivity contribution in [3.63, 3.8) is 0 Å². The van der Waals surface area contributed by atoms with Crippen LogP contribution in [0.5, 0.6) is 0 Å². The average molecular weight is 256 g/mol. The van der Waals surface area contributed by atoms with Crippen molar-refractivity contribution in [2.45, 2.75) is 51.7 Å². The summed E-state index contributed by atoms with van der Waals surface area (Å²) in [5.74, 6) is -0.0920. The minimum atomic E-state index is -0.737. The number of hydrogen-bond donors (Lipinski definition) is 1.